The number of carbonyl (C=O) groups excluding carboxylic acids is 1. The smallest absolute Gasteiger partial charge is 0.260 e. The van der Waals surface area contributed by atoms with Gasteiger partial charge in [-0.3, -0.25) is 20.5 Å². The van der Waals surface area contributed by atoms with Gasteiger partial charge in [0.25, 0.3) is 5.91 Å². The molecule has 0 aliphatic rings. The van der Waals surface area contributed by atoms with Crippen molar-refractivity contribution in [3.05, 3.63) is 72.3 Å². The van der Waals surface area contributed by atoms with Crippen LogP contribution in [0.5, 0.6) is 0 Å². The summed E-state index contributed by atoms with van der Waals surface area (Å²) in [6.07, 6.45) is 3.30. The Morgan fingerprint density at radius 3 is 2.77 bits per heavy atom. The van der Waals surface area contributed by atoms with E-state index in [9.17, 15) is 9.18 Å². The van der Waals surface area contributed by atoms with Crippen molar-refractivity contribution in [2.45, 2.75) is 0 Å². The van der Waals surface area contributed by atoms with Crippen molar-refractivity contribution in [2.75, 3.05) is 0 Å². The molecule has 4 N–H and O–H groups in total. The number of hydrogen-bond acceptors (Lipinski definition) is 3. The molecule has 0 aliphatic heterocycles. The van der Waals surface area contributed by atoms with Crippen molar-refractivity contribution in [3.63, 3.8) is 0 Å². The maximum Gasteiger partial charge on any atom is 0.260 e. The first-order valence-electron chi connectivity index (χ1n) is 7.85. The molecule has 0 saturated carbocycles. The van der Waals surface area contributed by atoms with Crippen molar-refractivity contribution in [1.29, 1.82) is 5.41 Å². The van der Waals surface area contributed by atoms with Crippen LogP contribution in [0, 0.1) is 11.2 Å². The normalized spacial score (nSPS) is 11.0. The fourth-order valence-corrected chi connectivity index (χ4v) is 3.06. The number of guanidine groups is 1. The van der Waals surface area contributed by atoms with Gasteiger partial charge < -0.3 is 10.3 Å². The van der Waals surface area contributed by atoms with Gasteiger partial charge in [0.15, 0.2) is 5.96 Å². The number of hydrogen-bond donors (Lipinski definition) is 3. The Kier molecular flexibility index (Phi) is 3.62. The van der Waals surface area contributed by atoms with E-state index < -0.39 is 17.7 Å². The largest absolute Gasteiger partial charge is 0.370 e. The Bertz CT molecular complexity index is 1180. The molecular weight excluding hydrogens is 333 g/mol. The van der Waals surface area contributed by atoms with Crippen LogP contribution in [0.4, 0.5) is 4.39 Å². The Labute approximate surface area is 147 Å². The average Bonchev–Trinajstić information content (AvgIpc) is 2.99. The molecule has 0 saturated heterocycles. The second-order valence-corrected chi connectivity index (χ2v) is 5.79. The van der Waals surface area contributed by atoms with E-state index in [1.165, 1.54) is 12.1 Å². The lowest BCUT2D eigenvalue weighted by molar-refractivity contribution is 0.0978. The molecule has 1 amide bonds. The van der Waals surface area contributed by atoms with Crippen LogP contribution in [0.2, 0.25) is 0 Å². The van der Waals surface area contributed by atoms with E-state index >= 15 is 0 Å². The molecule has 26 heavy (non-hydrogen) atoms. The van der Waals surface area contributed by atoms with Crippen molar-refractivity contribution in [3.8, 4) is 5.69 Å². The summed E-state index contributed by atoms with van der Waals surface area (Å²) in [7, 11) is 0. The minimum absolute atomic E-state index is 0.232. The highest BCUT2D eigenvalue weighted by Crippen LogP contribution is 2.29. The van der Waals surface area contributed by atoms with Crippen LogP contribution in [0.1, 0.15) is 10.4 Å². The van der Waals surface area contributed by atoms with Crippen molar-refractivity contribution in [1.82, 2.24) is 14.9 Å². The van der Waals surface area contributed by atoms with Gasteiger partial charge in [-0.15, -0.1) is 0 Å². The van der Waals surface area contributed by atoms with Crippen molar-refractivity contribution < 1.29 is 9.18 Å². The van der Waals surface area contributed by atoms with Crippen LogP contribution in [-0.4, -0.2) is 21.4 Å². The maximum absolute atomic E-state index is 13.8. The first kappa shape index (κ1) is 15.8. The van der Waals surface area contributed by atoms with Crippen LogP contribution < -0.4 is 11.1 Å². The minimum atomic E-state index is -0.565. The van der Waals surface area contributed by atoms with Gasteiger partial charge in [-0.2, -0.15) is 0 Å². The second kappa shape index (κ2) is 5.96. The molecule has 6 nitrogen and oxygen atoms in total. The summed E-state index contributed by atoms with van der Waals surface area (Å²) in [6, 6.07) is 13.7. The second-order valence-electron chi connectivity index (χ2n) is 5.79. The number of pyridine rings is 1. The molecule has 4 aromatic rings. The Hall–Kier alpha value is -3.74. The number of nitrogens with two attached hydrogens (primary N) is 1. The molecule has 0 bridgehead atoms. The summed E-state index contributed by atoms with van der Waals surface area (Å²) >= 11 is 0. The van der Waals surface area contributed by atoms with E-state index in [0.29, 0.717) is 10.9 Å². The summed E-state index contributed by atoms with van der Waals surface area (Å²) in [4.78, 5) is 16.8. The van der Waals surface area contributed by atoms with Gasteiger partial charge in [0.05, 0.1) is 22.3 Å². The third-order valence-corrected chi connectivity index (χ3v) is 4.14. The monoisotopic (exact) mass is 347 g/mol. The van der Waals surface area contributed by atoms with Crippen LogP contribution in [0.25, 0.3) is 27.5 Å². The topological polar surface area (TPSA) is 96.8 Å². The molecule has 0 aliphatic carbocycles. The molecule has 2 heterocycles. The molecule has 2 aromatic carbocycles. The molecule has 0 fully saturated rings. The van der Waals surface area contributed by atoms with Crippen molar-refractivity contribution >= 4 is 33.7 Å². The van der Waals surface area contributed by atoms with Crippen LogP contribution in [-0.2, 0) is 0 Å². The van der Waals surface area contributed by atoms with E-state index in [1.54, 1.807) is 18.5 Å². The van der Waals surface area contributed by atoms with Crippen molar-refractivity contribution in [2.24, 2.45) is 5.73 Å². The number of fused-ring (bicyclic) bond motifs is 2. The number of para-hydroxylation sites is 1. The third-order valence-electron chi connectivity index (χ3n) is 4.14. The predicted octanol–water partition coefficient (Wildman–Crippen LogP) is 2.94. The summed E-state index contributed by atoms with van der Waals surface area (Å²) in [5, 5.41) is 10.8. The van der Waals surface area contributed by atoms with Gasteiger partial charge in [-0.1, -0.05) is 18.2 Å². The predicted molar refractivity (Wildman–Crippen MR) is 97.9 cm³/mol. The number of amides is 1. The van der Waals surface area contributed by atoms with Gasteiger partial charge in [-0.25, -0.2) is 4.39 Å². The Morgan fingerprint density at radius 1 is 1.15 bits per heavy atom. The molecule has 7 heteroatoms. The summed E-state index contributed by atoms with van der Waals surface area (Å²) < 4.78 is 15.6. The Morgan fingerprint density at radius 2 is 1.96 bits per heavy atom. The van der Waals surface area contributed by atoms with Gasteiger partial charge in [0.1, 0.15) is 5.82 Å². The third kappa shape index (κ3) is 2.55. The van der Waals surface area contributed by atoms with Gasteiger partial charge in [0.2, 0.25) is 0 Å². The highest BCUT2D eigenvalue weighted by atomic mass is 19.1. The number of nitrogens with zero attached hydrogens (tertiary/aromatic N) is 2. The van der Waals surface area contributed by atoms with Gasteiger partial charge in [-0.05, 0) is 30.3 Å². The molecule has 4 rings (SSSR count). The number of rotatable bonds is 2. The zero-order chi connectivity index (χ0) is 18.3. The standard InChI is InChI=1S/C19H14FN5O/c20-11-5-6-16-13(9-11)14(18(26)24-19(21)22)10-25(16)17-7-8-23-15-4-2-1-3-12(15)17/h1-10H,(H4,21,22,24,26). The first-order valence-corrected chi connectivity index (χ1v) is 7.85. The van der Waals surface area contributed by atoms with Crippen LogP contribution in [0.15, 0.2) is 60.9 Å². The lowest BCUT2D eigenvalue weighted by atomic mass is 10.1. The molecule has 2 aromatic heterocycles. The quantitative estimate of drug-likeness (QED) is 0.384. The van der Waals surface area contributed by atoms with E-state index in [0.717, 1.165) is 16.6 Å². The Balaban J connectivity index is 2.01. The lowest BCUT2D eigenvalue weighted by Gasteiger charge is -2.09. The fraction of sp³-hybridized carbons (Fsp3) is 0. The summed E-state index contributed by atoms with van der Waals surface area (Å²) in [5.41, 5.74) is 7.78. The summed E-state index contributed by atoms with van der Waals surface area (Å²) in [6.45, 7) is 0. The zero-order valence-corrected chi connectivity index (χ0v) is 13.5. The number of halogens is 1. The molecule has 0 spiro atoms. The SMILES string of the molecule is N=C(N)NC(=O)c1cn(-c2ccnc3ccccc23)c2ccc(F)cc12. The van der Waals surface area contributed by atoms with E-state index in [1.807, 2.05) is 34.9 Å². The lowest BCUT2D eigenvalue weighted by Crippen LogP contribution is -2.35. The van der Waals surface area contributed by atoms with Gasteiger partial charge >= 0.3 is 0 Å². The summed E-state index contributed by atoms with van der Waals surface area (Å²) in [5.74, 6) is -1.49. The highest BCUT2D eigenvalue weighted by Gasteiger charge is 2.18. The number of benzene rings is 2. The molecule has 0 atom stereocenters. The van der Waals surface area contributed by atoms with E-state index in [2.05, 4.69) is 10.3 Å². The highest BCUT2D eigenvalue weighted by molar-refractivity contribution is 6.12. The van der Waals surface area contributed by atoms with E-state index in [-0.39, 0.29) is 5.56 Å². The first-order chi connectivity index (χ1) is 12.5. The zero-order valence-electron chi connectivity index (χ0n) is 13.5. The van der Waals surface area contributed by atoms with E-state index in [4.69, 9.17) is 11.1 Å². The number of nitrogens with one attached hydrogen (secondary N) is 2. The number of carbonyl (C=O) groups is 1. The van der Waals surface area contributed by atoms with Crippen LogP contribution >= 0.6 is 0 Å². The fourth-order valence-electron chi connectivity index (χ4n) is 3.06. The van der Waals surface area contributed by atoms with Gasteiger partial charge in [0, 0.05) is 23.2 Å². The average molecular weight is 347 g/mol. The molecule has 0 radical (unpaired) electrons. The minimum Gasteiger partial charge on any atom is -0.370 e. The number of aromatic nitrogens is 2. The molecule has 0 unspecified atom stereocenters. The maximum atomic E-state index is 13.8. The van der Waals surface area contributed by atoms with Crippen LogP contribution in [0.3, 0.4) is 0 Å². The molecule has 128 valence electrons. The molecular formula is C19H14FN5O.